The number of aryl methyl sites for hydroxylation is 2. The summed E-state index contributed by atoms with van der Waals surface area (Å²) in [7, 11) is -3.86. The van der Waals surface area contributed by atoms with Crippen LogP contribution in [0, 0.1) is 19.8 Å². The van der Waals surface area contributed by atoms with Crippen molar-refractivity contribution in [2.75, 3.05) is 30.9 Å². The van der Waals surface area contributed by atoms with Crippen LogP contribution in [0.4, 0.5) is 5.69 Å². The van der Waals surface area contributed by atoms with Gasteiger partial charge in [-0.3, -0.25) is 14.3 Å². The summed E-state index contributed by atoms with van der Waals surface area (Å²) in [6, 6.07) is 11.9. The molecule has 2 aromatic rings. The van der Waals surface area contributed by atoms with Crippen molar-refractivity contribution >= 4 is 27.5 Å². The summed E-state index contributed by atoms with van der Waals surface area (Å²) in [6.45, 7) is 9.82. The number of benzene rings is 2. The van der Waals surface area contributed by atoms with E-state index in [0.29, 0.717) is 50.1 Å². The maximum atomic E-state index is 13.3. The number of hydrogen-bond donors (Lipinski definition) is 1. The van der Waals surface area contributed by atoms with E-state index in [0.717, 1.165) is 5.56 Å². The van der Waals surface area contributed by atoms with E-state index in [2.05, 4.69) is 4.72 Å². The van der Waals surface area contributed by atoms with E-state index < -0.39 is 10.0 Å². The highest BCUT2D eigenvalue weighted by molar-refractivity contribution is 7.92. The summed E-state index contributed by atoms with van der Waals surface area (Å²) in [6.07, 6.45) is 1.22. The largest absolute Gasteiger partial charge is 0.343 e. The summed E-state index contributed by atoms with van der Waals surface area (Å²) < 4.78 is 28.8. The second kappa shape index (κ2) is 10.4. The van der Waals surface area contributed by atoms with Crippen molar-refractivity contribution in [3.63, 3.8) is 0 Å². The van der Waals surface area contributed by atoms with E-state index in [9.17, 15) is 18.0 Å². The van der Waals surface area contributed by atoms with Gasteiger partial charge in [-0.2, -0.15) is 0 Å². The second-order valence-corrected chi connectivity index (χ2v) is 10.1. The molecule has 0 aromatic heterocycles. The summed E-state index contributed by atoms with van der Waals surface area (Å²) in [5, 5.41) is 0. The van der Waals surface area contributed by atoms with Crippen molar-refractivity contribution in [2.45, 2.75) is 45.4 Å². The Kier molecular flexibility index (Phi) is 7.79. The van der Waals surface area contributed by atoms with E-state index in [1.807, 2.05) is 31.7 Å². The van der Waals surface area contributed by atoms with Gasteiger partial charge in [0.2, 0.25) is 5.91 Å². The highest BCUT2D eigenvalue weighted by Gasteiger charge is 2.31. The molecule has 33 heavy (non-hydrogen) atoms. The zero-order chi connectivity index (χ0) is 24.2. The van der Waals surface area contributed by atoms with Gasteiger partial charge in [-0.25, -0.2) is 8.42 Å². The van der Waals surface area contributed by atoms with Gasteiger partial charge in [0, 0.05) is 32.1 Å². The maximum absolute atomic E-state index is 13.3. The number of piperidine rings is 1. The number of hydrogen-bond acceptors (Lipinski definition) is 4. The minimum atomic E-state index is -3.86. The van der Waals surface area contributed by atoms with Gasteiger partial charge in [0.1, 0.15) is 0 Å². The van der Waals surface area contributed by atoms with Crippen molar-refractivity contribution in [3.05, 3.63) is 59.2 Å². The number of amides is 2. The minimum Gasteiger partial charge on any atom is -0.343 e. The average Bonchev–Trinajstić information content (AvgIpc) is 2.81. The van der Waals surface area contributed by atoms with E-state index in [4.69, 9.17) is 0 Å². The Bertz CT molecular complexity index is 1120. The monoisotopic (exact) mass is 471 g/mol. The molecular weight excluding hydrogens is 438 g/mol. The van der Waals surface area contributed by atoms with E-state index in [-0.39, 0.29) is 28.3 Å². The minimum absolute atomic E-state index is 0.0769. The van der Waals surface area contributed by atoms with Crippen LogP contribution in [0.2, 0.25) is 0 Å². The van der Waals surface area contributed by atoms with Crippen LogP contribution in [-0.2, 0) is 14.8 Å². The highest BCUT2D eigenvalue weighted by atomic mass is 32.2. The van der Waals surface area contributed by atoms with Gasteiger partial charge in [0.25, 0.3) is 15.9 Å². The Hall–Kier alpha value is -2.87. The van der Waals surface area contributed by atoms with Gasteiger partial charge >= 0.3 is 0 Å². The molecule has 7 nitrogen and oxygen atoms in total. The molecule has 0 saturated carbocycles. The number of sulfonamides is 1. The molecule has 1 aliphatic heterocycles. The highest BCUT2D eigenvalue weighted by Crippen LogP contribution is 2.26. The zero-order valence-electron chi connectivity index (χ0n) is 19.8. The number of rotatable bonds is 7. The summed E-state index contributed by atoms with van der Waals surface area (Å²) in [5.41, 5.74) is 2.04. The van der Waals surface area contributed by atoms with Crippen LogP contribution in [-0.4, -0.2) is 56.2 Å². The topological polar surface area (TPSA) is 86.8 Å². The molecule has 1 heterocycles. The SMILES string of the molecule is CCN(CC)C(=O)C1CCN(C(=O)c2ccccc2NS(=O)(=O)c2cc(C)ccc2C)CC1. The molecule has 0 unspecified atom stereocenters. The second-order valence-electron chi connectivity index (χ2n) is 8.50. The fourth-order valence-electron chi connectivity index (χ4n) is 4.25. The van der Waals surface area contributed by atoms with Crippen LogP contribution in [0.15, 0.2) is 47.4 Å². The van der Waals surface area contributed by atoms with Gasteiger partial charge in [-0.1, -0.05) is 24.3 Å². The molecule has 1 saturated heterocycles. The van der Waals surface area contributed by atoms with Gasteiger partial charge in [0.05, 0.1) is 16.1 Å². The Morgan fingerprint density at radius 1 is 1.03 bits per heavy atom. The first-order chi connectivity index (χ1) is 15.7. The Balaban J connectivity index is 1.76. The lowest BCUT2D eigenvalue weighted by Gasteiger charge is -2.34. The maximum Gasteiger partial charge on any atom is 0.262 e. The van der Waals surface area contributed by atoms with Gasteiger partial charge in [-0.15, -0.1) is 0 Å². The summed E-state index contributed by atoms with van der Waals surface area (Å²) in [4.78, 5) is 29.7. The van der Waals surface area contributed by atoms with Crippen LogP contribution in [0.3, 0.4) is 0 Å². The van der Waals surface area contributed by atoms with Crippen molar-refractivity contribution in [3.8, 4) is 0 Å². The predicted octanol–water partition coefficient (Wildman–Crippen LogP) is 3.82. The third-order valence-corrected chi connectivity index (χ3v) is 7.75. The van der Waals surface area contributed by atoms with Crippen LogP contribution in [0.5, 0.6) is 0 Å². The molecule has 2 aromatic carbocycles. The molecule has 0 radical (unpaired) electrons. The number of carbonyl (C=O) groups excluding carboxylic acids is 2. The van der Waals surface area contributed by atoms with E-state index in [1.54, 1.807) is 48.2 Å². The molecule has 1 N–H and O–H groups in total. The standard InChI is InChI=1S/C25H33N3O4S/c1-5-27(6-2)24(29)20-13-15-28(16-14-20)25(30)21-9-7-8-10-22(21)26-33(31,32)23-17-18(3)11-12-19(23)4/h7-12,17,20,26H,5-6,13-16H2,1-4H3. The molecule has 1 aliphatic rings. The van der Waals surface area contributed by atoms with Crippen molar-refractivity contribution in [1.82, 2.24) is 9.80 Å². The molecule has 0 spiro atoms. The van der Waals surface area contributed by atoms with Crippen LogP contribution in [0.25, 0.3) is 0 Å². The molecule has 1 fully saturated rings. The van der Waals surface area contributed by atoms with Gasteiger partial charge in [-0.05, 0) is 69.9 Å². The third-order valence-electron chi connectivity index (χ3n) is 6.24. The first kappa shape index (κ1) is 24.8. The predicted molar refractivity (Wildman–Crippen MR) is 130 cm³/mol. The molecule has 0 atom stereocenters. The van der Waals surface area contributed by atoms with E-state index in [1.165, 1.54) is 0 Å². The van der Waals surface area contributed by atoms with E-state index >= 15 is 0 Å². The number of likely N-dealkylation sites (tertiary alicyclic amines) is 1. The Morgan fingerprint density at radius 3 is 2.30 bits per heavy atom. The fourth-order valence-corrected chi connectivity index (χ4v) is 5.66. The Morgan fingerprint density at radius 2 is 1.67 bits per heavy atom. The normalized spacial score (nSPS) is 14.7. The van der Waals surface area contributed by atoms with Gasteiger partial charge in [0.15, 0.2) is 0 Å². The van der Waals surface area contributed by atoms with Gasteiger partial charge < -0.3 is 9.80 Å². The lowest BCUT2D eigenvalue weighted by Crippen LogP contribution is -2.44. The third kappa shape index (κ3) is 5.55. The molecule has 178 valence electrons. The van der Waals surface area contributed by atoms with Crippen molar-refractivity contribution in [1.29, 1.82) is 0 Å². The lowest BCUT2D eigenvalue weighted by molar-refractivity contribution is -0.136. The van der Waals surface area contributed by atoms with Crippen LogP contribution >= 0.6 is 0 Å². The number of nitrogens with one attached hydrogen (secondary N) is 1. The van der Waals surface area contributed by atoms with Crippen LogP contribution in [0.1, 0.15) is 48.2 Å². The molecule has 3 rings (SSSR count). The molecule has 2 amide bonds. The number of para-hydroxylation sites is 1. The first-order valence-electron chi connectivity index (χ1n) is 11.4. The lowest BCUT2D eigenvalue weighted by atomic mass is 9.94. The fraction of sp³-hybridized carbons (Fsp3) is 0.440. The summed E-state index contributed by atoms with van der Waals surface area (Å²) in [5.74, 6) is -0.163. The van der Waals surface area contributed by atoms with Crippen molar-refractivity contribution < 1.29 is 18.0 Å². The molecule has 0 bridgehead atoms. The summed E-state index contributed by atoms with van der Waals surface area (Å²) >= 11 is 0. The molecule has 8 heteroatoms. The van der Waals surface area contributed by atoms with Crippen LogP contribution < -0.4 is 4.72 Å². The number of nitrogens with zero attached hydrogens (tertiary/aromatic N) is 2. The molecular formula is C25H33N3O4S. The molecule has 0 aliphatic carbocycles. The van der Waals surface area contributed by atoms with Crippen molar-refractivity contribution in [2.24, 2.45) is 5.92 Å². The number of anilines is 1. The first-order valence-corrected chi connectivity index (χ1v) is 12.9. The average molecular weight is 472 g/mol. The Labute approximate surface area is 196 Å². The quantitative estimate of drug-likeness (QED) is 0.665. The number of carbonyl (C=O) groups is 2. The zero-order valence-corrected chi connectivity index (χ0v) is 20.6. The smallest absolute Gasteiger partial charge is 0.262 e.